The van der Waals surface area contributed by atoms with E-state index in [1.54, 1.807) is 19.1 Å². The van der Waals surface area contributed by atoms with Crippen LogP contribution < -0.4 is 5.32 Å². The summed E-state index contributed by atoms with van der Waals surface area (Å²) in [6.45, 7) is 4.92. The van der Waals surface area contributed by atoms with E-state index in [9.17, 15) is 9.18 Å². The average Bonchev–Trinajstić information content (AvgIpc) is 2.75. The summed E-state index contributed by atoms with van der Waals surface area (Å²) in [7, 11) is 0. The quantitative estimate of drug-likeness (QED) is 0.895. The molecule has 1 amide bonds. The van der Waals surface area contributed by atoms with Crippen LogP contribution in [-0.4, -0.2) is 25.2 Å². The van der Waals surface area contributed by atoms with E-state index in [2.05, 4.69) is 5.32 Å². The first kappa shape index (κ1) is 13.0. The maximum Gasteiger partial charge on any atom is 0.254 e. The number of benzene rings is 1. The SMILES string of the molecule is Cc1cccc(C(=O)NCC2CCOC2C)c1F. The Morgan fingerprint density at radius 1 is 1.56 bits per heavy atom. The zero-order chi connectivity index (χ0) is 13.1. The first-order valence-electron chi connectivity index (χ1n) is 6.24. The summed E-state index contributed by atoms with van der Waals surface area (Å²) in [4.78, 5) is 11.9. The Kier molecular flexibility index (Phi) is 3.97. The number of hydrogen-bond acceptors (Lipinski definition) is 2. The van der Waals surface area contributed by atoms with Gasteiger partial charge in [0.1, 0.15) is 5.82 Å². The van der Waals surface area contributed by atoms with Crippen molar-refractivity contribution in [1.82, 2.24) is 5.32 Å². The smallest absolute Gasteiger partial charge is 0.254 e. The Bertz CT molecular complexity index is 447. The molecule has 4 heteroatoms. The molecule has 0 spiro atoms. The summed E-state index contributed by atoms with van der Waals surface area (Å²) in [6, 6.07) is 4.85. The van der Waals surface area contributed by atoms with Crippen molar-refractivity contribution in [2.75, 3.05) is 13.2 Å². The maximum atomic E-state index is 13.7. The zero-order valence-corrected chi connectivity index (χ0v) is 10.7. The van der Waals surface area contributed by atoms with E-state index in [1.165, 1.54) is 6.07 Å². The van der Waals surface area contributed by atoms with Gasteiger partial charge in [0.15, 0.2) is 0 Å². The minimum atomic E-state index is -0.439. The normalized spacial score (nSPS) is 23.1. The first-order valence-corrected chi connectivity index (χ1v) is 6.24. The molecule has 1 saturated heterocycles. The van der Waals surface area contributed by atoms with Crippen molar-refractivity contribution in [1.29, 1.82) is 0 Å². The third-order valence-electron chi connectivity index (χ3n) is 3.49. The van der Waals surface area contributed by atoms with Crippen LogP contribution in [0.2, 0.25) is 0 Å². The number of nitrogens with one attached hydrogen (secondary N) is 1. The fourth-order valence-corrected chi connectivity index (χ4v) is 2.19. The van der Waals surface area contributed by atoms with Crippen molar-refractivity contribution in [2.24, 2.45) is 5.92 Å². The van der Waals surface area contributed by atoms with Crippen LogP contribution in [0.4, 0.5) is 4.39 Å². The number of aryl methyl sites for hydroxylation is 1. The zero-order valence-electron chi connectivity index (χ0n) is 10.7. The molecule has 1 aliphatic heterocycles. The Morgan fingerprint density at radius 2 is 2.33 bits per heavy atom. The van der Waals surface area contributed by atoms with Gasteiger partial charge < -0.3 is 10.1 Å². The van der Waals surface area contributed by atoms with Crippen LogP contribution in [0.5, 0.6) is 0 Å². The molecule has 2 unspecified atom stereocenters. The Labute approximate surface area is 106 Å². The first-order chi connectivity index (χ1) is 8.59. The van der Waals surface area contributed by atoms with Gasteiger partial charge in [0, 0.05) is 19.1 Å². The number of ether oxygens (including phenoxy) is 1. The van der Waals surface area contributed by atoms with Gasteiger partial charge in [0.05, 0.1) is 11.7 Å². The van der Waals surface area contributed by atoms with Gasteiger partial charge in [-0.3, -0.25) is 4.79 Å². The molecule has 0 bridgehead atoms. The third-order valence-corrected chi connectivity index (χ3v) is 3.49. The topological polar surface area (TPSA) is 38.3 Å². The summed E-state index contributed by atoms with van der Waals surface area (Å²) >= 11 is 0. The van der Waals surface area contributed by atoms with Gasteiger partial charge in [-0.2, -0.15) is 0 Å². The minimum absolute atomic E-state index is 0.113. The third kappa shape index (κ3) is 2.70. The fraction of sp³-hybridized carbons (Fsp3) is 0.500. The molecule has 1 aliphatic rings. The summed E-state index contributed by atoms with van der Waals surface area (Å²) in [6.07, 6.45) is 1.10. The van der Waals surface area contributed by atoms with E-state index >= 15 is 0 Å². The molecule has 18 heavy (non-hydrogen) atoms. The summed E-state index contributed by atoms with van der Waals surface area (Å²) in [5.74, 6) is -0.470. The van der Waals surface area contributed by atoms with Crippen molar-refractivity contribution < 1.29 is 13.9 Å². The monoisotopic (exact) mass is 251 g/mol. The molecule has 1 fully saturated rings. The Balaban J connectivity index is 1.97. The van der Waals surface area contributed by atoms with Crippen LogP contribution in [0.15, 0.2) is 18.2 Å². The van der Waals surface area contributed by atoms with Gasteiger partial charge in [-0.25, -0.2) is 4.39 Å². The molecule has 98 valence electrons. The average molecular weight is 251 g/mol. The van der Waals surface area contributed by atoms with E-state index < -0.39 is 5.82 Å². The van der Waals surface area contributed by atoms with Gasteiger partial charge >= 0.3 is 0 Å². The molecule has 0 saturated carbocycles. The van der Waals surface area contributed by atoms with Crippen LogP contribution in [0.25, 0.3) is 0 Å². The second-order valence-electron chi connectivity index (χ2n) is 4.77. The van der Waals surface area contributed by atoms with Gasteiger partial charge in [-0.1, -0.05) is 12.1 Å². The highest BCUT2D eigenvalue weighted by Crippen LogP contribution is 2.19. The number of hydrogen-bond donors (Lipinski definition) is 1. The fourth-order valence-electron chi connectivity index (χ4n) is 2.19. The van der Waals surface area contributed by atoms with Crippen LogP contribution in [0.3, 0.4) is 0 Å². The van der Waals surface area contributed by atoms with Crippen molar-refractivity contribution >= 4 is 5.91 Å². The minimum Gasteiger partial charge on any atom is -0.378 e. The number of rotatable bonds is 3. The second-order valence-corrected chi connectivity index (χ2v) is 4.77. The lowest BCUT2D eigenvalue weighted by molar-refractivity contribution is 0.0904. The highest BCUT2D eigenvalue weighted by Gasteiger charge is 2.25. The molecule has 1 N–H and O–H groups in total. The molecular formula is C14H18FNO2. The highest BCUT2D eigenvalue weighted by molar-refractivity contribution is 5.94. The molecule has 0 aromatic heterocycles. The van der Waals surface area contributed by atoms with E-state index in [1.807, 2.05) is 6.92 Å². The predicted molar refractivity (Wildman–Crippen MR) is 67.0 cm³/mol. The Morgan fingerprint density at radius 3 is 3.00 bits per heavy atom. The number of halogens is 1. The maximum absolute atomic E-state index is 13.7. The molecule has 1 heterocycles. The lowest BCUT2D eigenvalue weighted by Gasteiger charge is -2.15. The van der Waals surface area contributed by atoms with Crippen molar-refractivity contribution in [3.8, 4) is 0 Å². The van der Waals surface area contributed by atoms with Crippen molar-refractivity contribution in [2.45, 2.75) is 26.4 Å². The van der Waals surface area contributed by atoms with Crippen LogP contribution in [0.1, 0.15) is 29.3 Å². The summed E-state index contributed by atoms with van der Waals surface area (Å²) in [5.41, 5.74) is 0.599. The molecule has 1 aromatic carbocycles. The lowest BCUT2D eigenvalue weighted by atomic mass is 10.0. The van der Waals surface area contributed by atoms with Gasteiger partial charge in [-0.05, 0) is 31.9 Å². The molecular weight excluding hydrogens is 233 g/mol. The second kappa shape index (κ2) is 5.48. The number of carbonyl (C=O) groups is 1. The van der Waals surface area contributed by atoms with Crippen LogP contribution in [-0.2, 0) is 4.74 Å². The standard InChI is InChI=1S/C14H18FNO2/c1-9-4-3-5-12(13(9)15)14(17)16-8-11-6-7-18-10(11)2/h3-5,10-11H,6-8H2,1-2H3,(H,16,17). The van der Waals surface area contributed by atoms with Crippen LogP contribution >= 0.6 is 0 Å². The highest BCUT2D eigenvalue weighted by atomic mass is 19.1. The van der Waals surface area contributed by atoms with E-state index in [-0.39, 0.29) is 17.6 Å². The van der Waals surface area contributed by atoms with Crippen LogP contribution in [0, 0.1) is 18.7 Å². The molecule has 1 aromatic rings. The molecule has 2 atom stereocenters. The Hall–Kier alpha value is -1.42. The van der Waals surface area contributed by atoms with Gasteiger partial charge in [0.2, 0.25) is 0 Å². The van der Waals surface area contributed by atoms with E-state index in [0.717, 1.165) is 13.0 Å². The molecule has 0 radical (unpaired) electrons. The number of carbonyl (C=O) groups excluding carboxylic acids is 1. The van der Waals surface area contributed by atoms with E-state index in [4.69, 9.17) is 4.74 Å². The van der Waals surface area contributed by atoms with Crippen molar-refractivity contribution in [3.63, 3.8) is 0 Å². The van der Waals surface area contributed by atoms with Gasteiger partial charge in [-0.15, -0.1) is 0 Å². The largest absolute Gasteiger partial charge is 0.378 e. The lowest BCUT2D eigenvalue weighted by Crippen LogP contribution is -2.32. The summed E-state index contributed by atoms with van der Waals surface area (Å²) in [5, 5.41) is 2.78. The van der Waals surface area contributed by atoms with E-state index in [0.29, 0.717) is 18.0 Å². The molecule has 2 rings (SSSR count). The van der Waals surface area contributed by atoms with Crippen molar-refractivity contribution in [3.05, 3.63) is 35.1 Å². The van der Waals surface area contributed by atoms with Gasteiger partial charge in [0.25, 0.3) is 5.91 Å². The number of amides is 1. The summed E-state index contributed by atoms with van der Waals surface area (Å²) < 4.78 is 19.2. The molecule has 0 aliphatic carbocycles. The molecule has 3 nitrogen and oxygen atoms in total. The predicted octanol–water partition coefficient (Wildman–Crippen LogP) is 2.29.